The second kappa shape index (κ2) is 8.27. The molecule has 0 radical (unpaired) electrons. The fourth-order valence-electron chi connectivity index (χ4n) is 4.60. The van der Waals surface area contributed by atoms with Gasteiger partial charge in [0.05, 0.1) is 17.9 Å². The maximum Gasteiger partial charge on any atom is 0.255 e. The average Bonchev–Trinajstić information content (AvgIpc) is 3.59. The van der Waals surface area contributed by atoms with Crippen molar-refractivity contribution in [2.45, 2.75) is 70.4 Å². The van der Waals surface area contributed by atoms with Gasteiger partial charge in [-0.25, -0.2) is 9.97 Å². The third kappa shape index (κ3) is 4.37. The van der Waals surface area contributed by atoms with Crippen molar-refractivity contribution in [2.75, 3.05) is 13.2 Å². The van der Waals surface area contributed by atoms with Crippen molar-refractivity contribution in [3.8, 4) is 5.88 Å². The van der Waals surface area contributed by atoms with E-state index < -0.39 is 0 Å². The van der Waals surface area contributed by atoms with E-state index in [9.17, 15) is 4.79 Å². The molecule has 1 aliphatic heterocycles. The van der Waals surface area contributed by atoms with Crippen LogP contribution in [-0.2, 0) is 19.5 Å². The van der Waals surface area contributed by atoms with E-state index in [1.165, 1.54) is 32.1 Å². The van der Waals surface area contributed by atoms with Gasteiger partial charge in [-0.15, -0.1) is 0 Å². The summed E-state index contributed by atoms with van der Waals surface area (Å²) in [6, 6.07) is 4.04. The third-order valence-corrected chi connectivity index (χ3v) is 6.55. The van der Waals surface area contributed by atoms with Crippen LogP contribution >= 0.6 is 0 Å². The highest BCUT2D eigenvalue weighted by atomic mass is 16.5. The molecule has 3 heterocycles. The standard InChI is InChI=1S/C23H30N4O2/c28-22-19-14-27(13-18-7-4-11-24-23(18)29-15-16-8-9-16)12-10-20(19)25-21(26-22)17-5-2-1-3-6-17/h4,7,11,16-17H,1-3,5-6,8-10,12-15H2,(H,25,26,28). The van der Waals surface area contributed by atoms with Crippen LogP contribution in [0.3, 0.4) is 0 Å². The number of H-pyrrole nitrogens is 1. The van der Waals surface area contributed by atoms with Crippen molar-refractivity contribution in [2.24, 2.45) is 5.92 Å². The van der Waals surface area contributed by atoms with E-state index in [1.807, 2.05) is 6.07 Å². The molecule has 29 heavy (non-hydrogen) atoms. The minimum absolute atomic E-state index is 0.0525. The zero-order valence-electron chi connectivity index (χ0n) is 17.0. The van der Waals surface area contributed by atoms with E-state index in [0.717, 1.165) is 67.5 Å². The lowest BCUT2D eigenvalue weighted by molar-refractivity contribution is 0.230. The molecular formula is C23H30N4O2. The SMILES string of the molecule is O=c1[nH]c(C2CCCCC2)nc2c1CN(Cc1cccnc1OCC1CC1)CC2. The van der Waals surface area contributed by atoms with Crippen molar-refractivity contribution in [3.63, 3.8) is 0 Å². The summed E-state index contributed by atoms with van der Waals surface area (Å²) in [6.45, 7) is 3.06. The molecule has 2 aromatic heterocycles. The maximum absolute atomic E-state index is 12.8. The minimum Gasteiger partial charge on any atom is -0.477 e. The Kier molecular flexibility index (Phi) is 5.36. The van der Waals surface area contributed by atoms with Gasteiger partial charge in [0.25, 0.3) is 5.56 Å². The van der Waals surface area contributed by atoms with E-state index in [4.69, 9.17) is 9.72 Å². The van der Waals surface area contributed by atoms with E-state index in [-0.39, 0.29) is 5.56 Å². The molecule has 2 aromatic rings. The summed E-state index contributed by atoms with van der Waals surface area (Å²) in [5.41, 5.74) is 2.98. The number of nitrogens with zero attached hydrogens (tertiary/aromatic N) is 3. The van der Waals surface area contributed by atoms with Crippen LogP contribution in [0.5, 0.6) is 5.88 Å². The number of hydrogen-bond donors (Lipinski definition) is 1. The number of aromatic amines is 1. The van der Waals surface area contributed by atoms with E-state index in [0.29, 0.717) is 18.4 Å². The molecule has 5 rings (SSSR count). The maximum atomic E-state index is 12.8. The number of pyridine rings is 1. The molecule has 2 aliphatic carbocycles. The smallest absolute Gasteiger partial charge is 0.255 e. The third-order valence-electron chi connectivity index (χ3n) is 6.55. The van der Waals surface area contributed by atoms with Gasteiger partial charge in [0.2, 0.25) is 5.88 Å². The largest absolute Gasteiger partial charge is 0.477 e. The van der Waals surface area contributed by atoms with Gasteiger partial charge in [-0.05, 0) is 37.7 Å². The van der Waals surface area contributed by atoms with Gasteiger partial charge in [-0.2, -0.15) is 0 Å². The van der Waals surface area contributed by atoms with Crippen LogP contribution < -0.4 is 10.3 Å². The van der Waals surface area contributed by atoms with Crippen molar-refractivity contribution in [1.82, 2.24) is 19.9 Å². The molecular weight excluding hydrogens is 364 g/mol. The van der Waals surface area contributed by atoms with Crippen LogP contribution in [0.25, 0.3) is 0 Å². The number of aromatic nitrogens is 3. The lowest BCUT2D eigenvalue weighted by Crippen LogP contribution is -2.36. The topological polar surface area (TPSA) is 71.1 Å². The summed E-state index contributed by atoms with van der Waals surface area (Å²) in [7, 11) is 0. The summed E-state index contributed by atoms with van der Waals surface area (Å²) in [5.74, 6) is 2.80. The Balaban J connectivity index is 1.29. The lowest BCUT2D eigenvalue weighted by Gasteiger charge is -2.29. The van der Waals surface area contributed by atoms with Gasteiger partial charge in [-0.3, -0.25) is 9.69 Å². The first-order valence-corrected chi connectivity index (χ1v) is 11.2. The molecule has 0 saturated heterocycles. The van der Waals surface area contributed by atoms with E-state index >= 15 is 0 Å². The predicted molar refractivity (Wildman–Crippen MR) is 111 cm³/mol. The molecule has 2 saturated carbocycles. The Labute approximate surface area is 171 Å². The molecule has 1 N–H and O–H groups in total. The van der Waals surface area contributed by atoms with Crippen LogP contribution in [0.1, 0.15) is 73.5 Å². The first kappa shape index (κ1) is 18.8. The Bertz CT molecular complexity index is 915. The summed E-state index contributed by atoms with van der Waals surface area (Å²) in [6.07, 6.45) is 11.3. The van der Waals surface area contributed by atoms with E-state index in [1.54, 1.807) is 6.20 Å². The highest BCUT2D eigenvalue weighted by Crippen LogP contribution is 2.32. The number of nitrogens with one attached hydrogen (secondary N) is 1. The predicted octanol–water partition coefficient (Wildman–Crippen LogP) is 3.56. The Morgan fingerprint density at radius 3 is 2.86 bits per heavy atom. The summed E-state index contributed by atoms with van der Waals surface area (Å²) in [4.78, 5) is 27.6. The molecule has 3 aliphatic rings. The van der Waals surface area contributed by atoms with Crippen LogP contribution in [0, 0.1) is 5.92 Å². The van der Waals surface area contributed by atoms with Gasteiger partial charge >= 0.3 is 0 Å². The van der Waals surface area contributed by atoms with Gasteiger partial charge in [0.15, 0.2) is 0 Å². The highest BCUT2D eigenvalue weighted by Gasteiger charge is 2.26. The Morgan fingerprint density at radius 1 is 1.17 bits per heavy atom. The number of fused-ring (bicyclic) bond motifs is 1. The molecule has 0 unspecified atom stereocenters. The summed E-state index contributed by atoms with van der Waals surface area (Å²) >= 11 is 0. The number of hydrogen-bond acceptors (Lipinski definition) is 5. The van der Waals surface area contributed by atoms with Gasteiger partial charge in [0.1, 0.15) is 5.82 Å². The normalized spacial score (nSPS) is 20.4. The van der Waals surface area contributed by atoms with Crippen molar-refractivity contribution in [3.05, 3.63) is 51.3 Å². The first-order valence-electron chi connectivity index (χ1n) is 11.2. The van der Waals surface area contributed by atoms with Gasteiger partial charge in [0, 0.05) is 43.7 Å². The molecule has 0 bridgehead atoms. The average molecular weight is 395 g/mol. The van der Waals surface area contributed by atoms with Crippen LogP contribution in [0.15, 0.2) is 23.1 Å². The zero-order chi connectivity index (χ0) is 19.6. The van der Waals surface area contributed by atoms with Crippen molar-refractivity contribution in [1.29, 1.82) is 0 Å². The lowest BCUT2D eigenvalue weighted by atomic mass is 9.88. The number of ether oxygens (including phenoxy) is 1. The zero-order valence-corrected chi connectivity index (χ0v) is 17.0. The fraction of sp³-hybridized carbons (Fsp3) is 0.609. The van der Waals surface area contributed by atoms with Crippen molar-refractivity contribution < 1.29 is 4.74 Å². The van der Waals surface area contributed by atoms with Crippen LogP contribution in [-0.4, -0.2) is 33.0 Å². The second-order valence-electron chi connectivity index (χ2n) is 8.89. The van der Waals surface area contributed by atoms with Crippen LogP contribution in [0.4, 0.5) is 0 Å². The molecule has 154 valence electrons. The van der Waals surface area contributed by atoms with Crippen LogP contribution in [0.2, 0.25) is 0 Å². The summed E-state index contributed by atoms with van der Waals surface area (Å²) < 4.78 is 5.96. The quantitative estimate of drug-likeness (QED) is 0.811. The molecule has 0 atom stereocenters. The molecule has 6 nitrogen and oxygen atoms in total. The molecule has 6 heteroatoms. The monoisotopic (exact) mass is 394 g/mol. The van der Waals surface area contributed by atoms with Gasteiger partial charge < -0.3 is 9.72 Å². The minimum atomic E-state index is 0.0525. The molecule has 0 aromatic carbocycles. The Hall–Kier alpha value is -2.21. The first-order chi connectivity index (χ1) is 14.3. The molecule has 0 amide bonds. The second-order valence-corrected chi connectivity index (χ2v) is 8.89. The molecule has 0 spiro atoms. The van der Waals surface area contributed by atoms with E-state index in [2.05, 4.69) is 20.9 Å². The number of rotatable bonds is 6. The Morgan fingerprint density at radius 2 is 2.03 bits per heavy atom. The van der Waals surface area contributed by atoms with Gasteiger partial charge in [-0.1, -0.05) is 25.3 Å². The van der Waals surface area contributed by atoms with Crippen molar-refractivity contribution >= 4 is 0 Å². The highest BCUT2D eigenvalue weighted by molar-refractivity contribution is 5.27. The fourth-order valence-corrected chi connectivity index (χ4v) is 4.60. The molecule has 2 fully saturated rings. The summed E-state index contributed by atoms with van der Waals surface area (Å²) in [5, 5.41) is 0.